The van der Waals surface area contributed by atoms with E-state index in [4.69, 9.17) is 19.2 Å². The predicted octanol–water partition coefficient (Wildman–Crippen LogP) is 6.51. The molecule has 8 atom stereocenters. The number of unbranched alkanes of at least 4 members (excludes halogenated alkanes) is 1. The van der Waals surface area contributed by atoms with Crippen LogP contribution in [0.3, 0.4) is 0 Å². The Balaban J connectivity index is 1.63. The third-order valence-corrected chi connectivity index (χ3v) is 15.5. The SMILES string of the molecule is CC[C@H](C)[C@@H]([C@@H](CC(=O)N1CCC[C@H]1[C@H](OC)[C@@H](C)C(=O)C[C@@H](Cc1ccccc1)C(=O)NS(=O)(=O)CCCCC(=O)CCOCCC(=O)Oc1c(F)c(F)c(F)c(F)c1F)OC)N(C)C(=O)[C@@H](N=C(N(C)C)N(C)C)C(C)C. The maximum absolute atomic E-state index is 14.5. The van der Waals surface area contributed by atoms with E-state index in [2.05, 4.69) is 9.46 Å². The number of methoxy groups -OCH3 is 2. The van der Waals surface area contributed by atoms with E-state index < -0.39 is 118 Å². The molecule has 0 unspecified atom stereocenters. The summed E-state index contributed by atoms with van der Waals surface area (Å²) in [5.41, 5.74) is 0.679. The lowest BCUT2D eigenvalue weighted by Gasteiger charge is -2.40. The van der Waals surface area contributed by atoms with Gasteiger partial charge in [0.05, 0.1) is 56.1 Å². The van der Waals surface area contributed by atoms with Crippen molar-refractivity contribution in [2.75, 3.05) is 75.0 Å². The first-order valence-corrected chi connectivity index (χ1v) is 28.2. The van der Waals surface area contributed by atoms with E-state index in [-0.39, 0.29) is 86.8 Å². The van der Waals surface area contributed by atoms with E-state index in [0.29, 0.717) is 37.3 Å². The minimum absolute atomic E-state index is 0.0228. The first-order chi connectivity index (χ1) is 37.1. The number of likely N-dealkylation sites (N-methyl/N-ethyl adjacent to an activating group) is 1. The number of guanidine groups is 1. The number of ketones is 2. The number of rotatable bonds is 32. The first kappa shape index (κ1) is 67.7. The Morgan fingerprint density at radius 1 is 0.797 bits per heavy atom. The molecule has 1 aliphatic rings. The molecule has 2 aromatic carbocycles. The van der Waals surface area contributed by atoms with Gasteiger partial charge in [-0.05, 0) is 49.5 Å². The highest BCUT2D eigenvalue weighted by molar-refractivity contribution is 7.90. The van der Waals surface area contributed by atoms with Crippen molar-refractivity contribution >= 4 is 51.2 Å². The zero-order valence-corrected chi connectivity index (χ0v) is 48.4. The summed E-state index contributed by atoms with van der Waals surface area (Å²) in [7, 11) is 7.88. The molecule has 444 valence electrons. The molecule has 0 bridgehead atoms. The highest BCUT2D eigenvalue weighted by atomic mass is 32.2. The number of hydrogen-bond acceptors (Lipinski definition) is 13. The molecule has 1 heterocycles. The largest absolute Gasteiger partial charge is 0.420 e. The summed E-state index contributed by atoms with van der Waals surface area (Å²) in [5.74, 6) is -18.9. The van der Waals surface area contributed by atoms with Crippen molar-refractivity contribution in [1.82, 2.24) is 24.3 Å². The third-order valence-electron chi connectivity index (χ3n) is 14.2. The summed E-state index contributed by atoms with van der Waals surface area (Å²) >= 11 is 0. The molecule has 79 heavy (non-hydrogen) atoms. The number of aliphatic imine (C=N–C) groups is 1. The Labute approximate surface area is 462 Å². The lowest BCUT2D eigenvalue weighted by molar-refractivity contribution is -0.146. The molecular formula is C55H81F5N6O12S. The van der Waals surface area contributed by atoms with Crippen molar-refractivity contribution in [1.29, 1.82) is 0 Å². The fraction of sp³-hybridized carbons (Fsp3) is 0.655. The molecule has 1 N–H and O–H groups in total. The van der Waals surface area contributed by atoms with Gasteiger partial charge in [-0.1, -0.05) is 71.4 Å². The molecule has 2 aromatic rings. The lowest BCUT2D eigenvalue weighted by atomic mass is 9.85. The maximum Gasteiger partial charge on any atom is 0.313 e. The molecule has 24 heteroatoms. The van der Waals surface area contributed by atoms with Gasteiger partial charge in [-0.15, -0.1) is 0 Å². The van der Waals surface area contributed by atoms with Crippen LogP contribution in [-0.4, -0.2) is 175 Å². The number of halogens is 5. The van der Waals surface area contributed by atoms with E-state index in [1.165, 1.54) is 14.2 Å². The fourth-order valence-corrected chi connectivity index (χ4v) is 10.8. The molecule has 0 aliphatic carbocycles. The number of Topliss-reactive ketones (excluding diaryl/α,β-unsaturated/α-hetero) is 2. The van der Waals surface area contributed by atoms with Crippen LogP contribution in [0, 0.1) is 52.8 Å². The van der Waals surface area contributed by atoms with Crippen LogP contribution >= 0.6 is 0 Å². The number of nitrogens with zero attached hydrogens (tertiary/aromatic N) is 5. The van der Waals surface area contributed by atoms with Gasteiger partial charge < -0.3 is 38.5 Å². The highest BCUT2D eigenvalue weighted by Gasteiger charge is 2.43. The fourth-order valence-electron chi connectivity index (χ4n) is 9.69. The van der Waals surface area contributed by atoms with Crippen LogP contribution in [0.2, 0.25) is 0 Å². The number of hydrogen-bond donors (Lipinski definition) is 1. The summed E-state index contributed by atoms with van der Waals surface area (Å²) in [6, 6.07) is 7.04. The molecule has 1 fully saturated rings. The molecule has 1 aliphatic heterocycles. The first-order valence-electron chi connectivity index (χ1n) is 26.6. The number of likely N-dealkylation sites (tertiary alicyclic amines) is 1. The number of nitrogens with one attached hydrogen (secondary N) is 1. The Kier molecular flexibility index (Phi) is 27.4. The molecule has 3 rings (SSSR count). The zero-order valence-electron chi connectivity index (χ0n) is 47.6. The molecular weight excluding hydrogens is 1060 g/mol. The van der Waals surface area contributed by atoms with Crippen LogP contribution < -0.4 is 9.46 Å². The second-order valence-corrected chi connectivity index (χ2v) is 22.7. The summed E-state index contributed by atoms with van der Waals surface area (Å²) in [4.78, 5) is 93.3. The van der Waals surface area contributed by atoms with Crippen LogP contribution in [0.1, 0.15) is 104 Å². The summed E-state index contributed by atoms with van der Waals surface area (Å²) in [5, 5.41) is 0. The van der Waals surface area contributed by atoms with Gasteiger partial charge in [0.25, 0.3) is 0 Å². The third kappa shape index (κ3) is 19.6. The second-order valence-electron chi connectivity index (χ2n) is 20.8. The van der Waals surface area contributed by atoms with Gasteiger partial charge in [-0.25, -0.2) is 26.6 Å². The maximum atomic E-state index is 14.5. The number of sulfonamides is 1. The molecule has 0 spiro atoms. The van der Waals surface area contributed by atoms with Crippen molar-refractivity contribution in [3.8, 4) is 5.75 Å². The van der Waals surface area contributed by atoms with E-state index in [1.54, 1.807) is 54.1 Å². The monoisotopic (exact) mass is 1140 g/mol. The topological polar surface area (TPSA) is 211 Å². The Morgan fingerprint density at radius 3 is 1.95 bits per heavy atom. The van der Waals surface area contributed by atoms with Gasteiger partial charge in [-0.3, -0.25) is 33.5 Å². The molecule has 1 saturated heterocycles. The van der Waals surface area contributed by atoms with Gasteiger partial charge in [0.1, 0.15) is 17.6 Å². The van der Waals surface area contributed by atoms with E-state index in [9.17, 15) is 59.1 Å². The smallest absolute Gasteiger partial charge is 0.313 e. The molecule has 0 radical (unpaired) electrons. The van der Waals surface area contributed by atoms with Crippen LogP contribution in [0.4, 0.5) is 22.0 Å². The van der Waals surface area contributed by atoms with Crippen LogP contribution in [0.25, 0.3) is 0 Å². The van der Waals surface area contributed by atoms with Crippen LogP contribution in [-0.2, 0) is 59.4 Å². The number of amides is 3. The minimum atomic E-state index is -4.25. The molecule has 0 aromatic heterocycles. The van der Waals surface area contributed by atoms with E-state index in [0.717, 1.165) is 0 Å². The van der Waals surface area contributed by atoms with Crippen LogP contribution in [0.15, 0.2) is 35.3 Å². The van der Waals surface area contributed by atoms with E-state index in [1.807, 2.05) is 65.7 Å². The van der Waals surface area contributed by atoms with Gasteiger partial charge in [0, 0.05) is 87.1 Å². The zero-order chi connectivity index (χ0) is 59.5. The average Bonchev–Trinajstić information content (AvgIpc) is 3.89. The quantitative estimate of drug-likeness (QED) is 0.0121. The standard InChI is InChI=1S/C55H81F5N6O12S/c1-13-34(4)50(65(10)54(72)49(33(2)3)61-55(63(6)7)64(8)9)41(75-11)32-42(69)66-26-19-23-39(66)51(76-12)35(5)40(68)31-37(30-36-20-15-14-16-21-36)53(71)62-79(73,74)29-18-17-22-38(67)24-27-77-28-25-43(70)78-52-47(59)45(57)44(56)46(58)48(52)60/h14-16,20-21,33-35,37,39,41,49-51H,13,17-19,22-32H2,1-12H3,(H,62,71)/t34-,35-,37+,39-,41+,49-,50-,51+/m0/s1. The van der Waals surface area contributed by atoms with Gasteiger partial charge >= 0.3 is 5.97 Å². The number of esters is 1. The van der Waals surface area contributed by atoms with Crippen molar-refractivity contribution in [2.24, 2.45) is 28.7 Å². The van der Waals surface area contributed by atoms with Crippen molar-refractivity contribution in [2.45, 2.75) is 136 Å². The highest BCUT2D eigenvalue weighted by Crippen LogP contribution is 2.32. The van der Waals surface area contributed by atoms with Gasteiger partial charge in [0.15, 0.2) is 5.96 Å². The normalized spacial score (nSPS) is 16.3. The van der Waals surface area contributed by atoms with Crippen molar-refractivity contribution in [3.05, 3.63) is 65.0 Å². The molecule has 0 saturated carbocycles. The summed E-state index contributed by atoms with van der Waals surface area (Å²) in [6.07, 6.45) is -0.844. The Morgan fingerprint density at radius 2 is 1.39 bits per heavy atom. The van der Waals surface area contributed by atoms with Crippen molar-refractivity contribution < 1.29 is 78.1 Å². The Bertz CT molecular complexity index is 2480. The number of ether oxygens (including phenoxy) is 4. The summed E-state index contributed by atoms with van der Waals surface area (Å²) in [6.45, 7) is 9.32. The number of benzene rings is 2. The van der Waals surface area contributed by atoms with E-state index >= 15 is 0 Å². The predicted molar refractivity (Wildman–Crippen MR) is 286 cm³/mol. The number of carbonyl (C=O) groups excluding carboxylic acids is 6. The van der Waals surface area contributed by atoms with Gasteiger partial charge in [-0.2, -0.15) is 8.78 Å². The lowest BCUT2D eigenvalue weighted by Crippen LogP contribution is -2.55. The Hall–Kier alpha value is -5.59. The summed E-state index contributed by atoms with van der Waals surface area (Å²) < 4.78 is 118. The molecule has 3 amide bonds. The van der Waals surface area contributed by atoms with Crippen molar-refractivity contribution in [3.63, 3.8) is 0 Å². The minimum Gasteiger partial charge on any atom is -0.420 e. The second kappa shape index (κ2) is 32.0. The van der Waals surface area contributed by atoms with Crippen LogP contribution in [0.5, 0.6) is 5.75 Å². The molecule has 18 nitrogen and oxygen atoms in total. The van der Waals surface area contributed by atoms with Gasteiger partial charge in [0.2, 0.25) is 62.6 Å². The average molecular weight is 1150 g/mol. The number of carbonyl (C=O) groups is 6.